The first kappa shape index (κ1) is 14.0. The zero-order chi connectivity index (χ0) is 13.0. The van der Waals surface area contributed by atoms with Crippen LogP contribution in [0, 0.1) is 0 Å². The molecule has 1 N–H and O–H groups in total. The van der Waals surface area contributed by atoms with Crippen molar-refractivity contribution in [3.05, 3.63) is 36.9 Å². The van der Waals surface area contributed by atoms with Gasteiger partial charge in [0.25, 0.3) is 0 Å². The van der Waals surface area contributed by atoms with E-state index in [1.165, 1.54) is 11.3 Å². The first-order valence-electron chi connectivity index (χ1n) is 5.17. The van der Waals surface area contributed by atoms with Crippen molar-refractivity contribution in [2.75, 3.05) is 0 Å². The molecule has 0 spiro atoms. The molecule has 2 heterocycles. The highest BCUT2D eigenvalue weighted by Crippen LogP contribution is 2.21. The second-order valence-corrected chi connectivity index (χ2v) is 7.28. The zero-order valence-electron chi connectivity index (χ0n) is 9.28. The molecule has 3 nitrogen and oxygen atoms in total. The maximum atomic E-state index is 11.7. The van der Waals surface area contributed by atoms with Crippen LogP contribution in [0.5, 0.6) is 0 Å². The van der Waals surface area contributed by atoms with Gasteiger partial charge in [-0.15, -0.1) is 34.3 Å². The van der Waals surface area contributed by atoms with Gasteiger partial charge in [-0.1, -0.05) is 0 Å². The fraction of sp³-hybridized carbons (Fsp3) is 0.273. The molecule has 0 radical (unpaired) electrons. The molecule has 0 bridgehead atoms. The first-order valence-corrected chi connectivity index (χ1v) is 8.20. The van der Waals surface area contributed by atoms with Crippen LogP contribution in [0.4, 0.5) is 0 Å². The molecule has 0 saturated carbocycles. The Bertz CT molecular complexity index is 541. The zero-order valence-corrected chi connectivity index (χ0v) is 13.3. The number of thiophene rings is 1. The van der Waals surface area contributed by atoms with Crippen LogP contribution in [0.15, 0.2) is 21.3 Å². The number of rotatable bonds is 5. The van der Waals surface area contributed by atoms with Crippen molar-refractivity contribution in [1.29, 1.82) is 0 Å². The average Bonchev–Trinajstić information content (AvgIpc) is 2.95. The van der Waals surface area contributed by atoms with Crippen LogP contribution in [-0.4, -0.2) is 10.9 Å². The monoisotopic (exact) mass is 364 g/mol. The Hall–Kier alpha value is -0.430. The highest BCUT2D eigenvalue weighted by Gasteiger charge is 2.08. The van der Waals surface area contributed by atoms with Crippen LogP contribution in [-0.2, 0) is 23.6 Å². The van der Waals surface area contributed by atoms with Gasteiger partial charge in [0.1, 0.15) is 5.01 Å². The van der Waals surface area contributed by atoms with Crippen LogP contribution >= 0.6 is 50.2 Å². The molecule has 2 aromatic rings. The van der Waals surface area contributed by atoms with E-state index in [1.54, 1.807) is 11.3 Å². The first-order chi connectivity index (χ1) is 8.67. The molecule has 18 heavy (non-hydrogen) atoms. The standard InChI is InChI=1S/C11H10BrClN2OS2/c12-9-2-1-8(18-9)5-14-10(16)3-11-15-7(4-13)6-17-11/h1-2,6H,3-5H2,(H,14,16). The summed E-state index contributed by atoms with van der Waals surface area (Å²) in [4.78, 5) is 17.1. The summed E-state index contributed by atoms with van der Waals surface area (Å²) in [6, 6.07) is 3.96. The normalized spacial score (nSPS) is 10.6. The molecule has 0 aromatic carbocycles. The number of carbonyl (C=O) groups is 1. The minimum absolute atomic E-state index is 0.0185. The highest BCUT2D eigenvalue weighted by molar-refractivity contribution is 9.11. The van der Waals surface area contributed by atoms with Crippen LogP contribution in [0.2, 0.25) is 0 Å². The van der Waals surface area contributed by atoms with E-state index in [4.69, 9.17) is 11.6 Å². The summed E-state index contributed by atoms with van der Waals surface area (Å²) in [6.07, 6.45) is 0.314. The number of alkyl halides is 1. The van der Waals surface area contributed by atoms with E-state index < -0.39 is 0 Å². The summed E-state index contributed by atoms with van der Waals surface area (Å²) < 4.78 is 1.07. The Morgan fingerprint density at radius 2 is 2.33 bits per heavy atom. The van der Waals surface area contributed by atoms with E-state index in [-0.39, 0.29) is 5.91 Å². The van der Waals surface area contributed by atoms with Crippen LogP contribution in [0.3, 0.4) is 0 Å². The Balaban J connectivity index is 1.81. The van der Waals surface area contributed by atoms with E-state index in [0.717, 1.165) is 19.4 Å². The molecule has 1 amide bonds. The van der Waals surface area contributed by atoms with Gasteiger partial charge in [-0.05, 0) is 28.1 Å². The Morgan fingerprint density at radius 1 is 1.50 bits per heavy atom. The third kappa shape index (κ3) is 4.05. The predicted octanol–water partition coefficient (Wildman–Crippen LogP) is 3.56. The lowest BCUT2D eigenvalue weighted by atomic mass is 10.4. The maximum absolute atomic E-state index is 11.7. The minimum Gasteiger partial charge on any atom is -0.351 e. The van der Waals surface area contributed by atoms with Crippen LogP contribution in [0.1, 0.15) is 15.6 Å². The van der Waals surface area contributed by atoms with E-state index in [2.05, 4.69) is 26.2 Å². The summed E-state index contributed by atoms with van der Waals surface area (Å²) in [5.41, 5.74) is 0.826. The maximum Gasteiger partial charge on any atom is 0.227 e. The van der Waals surface area contributed by atoms with Gasteiger partial charge < -0.3 is 5.32 Å². The van der Waals surface area contributed by atoms with Crippen molar-refractivity contribution in [3.8, 4) is 0 Å². The Labute approximate surface area is 126 Å². The van der Waals surface area contributed by atoms with Crippen molar-refractivity contribution >= 4 is 56.1 Å². The number of nitrogens with zero attached hydrogens (tertiary/aromatic N) is 1. The highest BCUT2D eigenvalue weighted by atomic mass is 79.9. The number of hydrogen-bond donors (Lipinski definition) is 1. The molecule has 0 aliphatic rings. The van der Waals surface area contributed by atoms with E-state index in [1.807, 2.05) is 17.5 Å². The summed E-state index contributed by atoms with van der Waals surface area (Å²) >= 11 is 12.1. The van der Waals surface area contributed by atoms with Gasteiger partial charge in [-0.25, -0.2) is 4.98 Å². The van der Waals surface area contributed by atoms with Crippen LogP contribution < -0.4 is 5.32 Å². The Morgan fingerprint density at radius 3 is 2.94 bits per heavy atom. The van der Waals surface area contributed by atoms with Gasteiger partial charge in [-0.2, -0.15) is 0 Å². The largest absolute Gasteiger partial charge is 0.351 e. The number of hydrogen-bond acceptors (Lipinski definition) is 4. The summed E-state index contributed by atoms with van der Waals surface area (Å²) in [6.45, 7) is 0.558. The van der Waals surface area contributed by atoms with Crippen molar-refractivity contribution in [2.45, 2.75) is 18.8 Å². The molecule has 0 atom stereocenters. The summed E-state index contributed by atoms with van der Waals surface area (Å²) in [5.74, 6) is 0.372. The topological polar surface area (TPSA) is 42.0 Å². The average molecular weight is 366 g/mol. The Kier molecular flexibility index (Phi) is 5.17. The molecule has 0 aliphatic heterocycles. The SMILES string of the molecule is O=C(Cc1nc(CCl)cs1)NCc1ccc(Br)s1. The number of nitrogens with one attached hydrogen (secondary N) is 1. The third-order valence-corrected chi connectivity index (χ3v) is 4.93. The molecular formula is C11H10BrClN2OS2. The number of amides is 1. The lowest BCUT2D eigenvalue weighted by Crippen LogP contribution is -2.24. The predicted molar refractivity (Wildman–Crippen MR) is 79.2 cm³/mol. The van der Waals surface area contributed by atoms with Crippen molar-refractivity contribution in [1.82, 2.24) is 10.3 Å². The van der Waals surface area contributed by atoms with Gasteiger partial charge in [0.2, 0.25) is 5.91 Å². The lowest BCUT2D eigenvalue weighted by Gasteiger charge is -2.01. The molecule has 0 unspecified atom stereocenters. The molecule has 2 aromatic heterocycles. The van der Waals surface area contributed by atoms with Gasteiger partial charge in [0.15, 0.2) is 0 Å². The molecule has 96 valence electrons. The van der Waals surface area contributed by atoms with Crippen molar-refractivity contribution in [2.24, 2.45) is 0 Å². The van der Waals surface area contributed by atoms with E-state index in [9.17, 15) is 4.79 Å². The quantitative estimate of drug-likeness (QED) is 0.823. The molecule has 7 heteroatoms. The third-order valence-electron chi connectivity index (χ3n) is 2.14. The second-order valence-electron chi connectivity index (χ2n) is 3.53. The fourth-order valence-corrected chi connectivity index (χ4v) is 3.77. The lowest BCUT2D eigenvalue weighted by molar-refractivity contribution is -0.120. The van der Waals surface area contributed by atoms with Gasteiger partial charge >= 0.3 is 0 Å². The minimum atomic E-state index is -0.0185. The molecule has 2 rings (SSSR count). The van der Waals surface area contributed by atoms with E-state index >= 15 is 0 Å². The van der Waals surface area contributed by atoms with Crippen LogP contribution in [0.25, 0.3) is 0 Å². The van der Waals surface area contributed by atoms with Gasteiger partial charge in [0.05, 0.1) is 28.3 Å². The molecule has 0 fully saturated rings. The summed E-state index contributed by atoms with van der Waals surface area (Å²) in [5, 5.41) is 5.55. The van der Waals surface area contributed by atoms with E-state index in [0.29, 0.717) is 18.8 Å². The smallest absolute Gasteiger partial charge is 0.227 e. The van der Waals surface area contributed by atoms with Crippen molar-refractivity contribution < 1.29 is 4.79 Å². The second kappa shape index (κ2) is 6.65. The summed E-state index contributed by atoms with van der Waals surface area (Å²) in [7, 11) is 0. The number of carbonyl (C=O) groups excluding carboxylic acids is 1. The van der Waals surface area contributed by atoms with Gasteiger partial charge in [0, 0.05) is 10.3 Å². The molecule has 0 aliphatic carbocycles. The van der Waals surface area contributed by atoms with Gasteiger partial charge in [-0.3, -0.25) is 4.79 Å². The molecular weight excluding hydrogens is 356 g/mol. The number of thiazole rings is 1. The van der Waals surface area contributed by atoms with Crippen molar-refractivity contribution in [3.63, 3.8) is 0 Å². The number of halogens is 2. The molecule has 0 saturated heterocycles. The fourth-order valence-electron chi connectivity index (χ4n) is 1.32. The number of aromatic nitrogens is 1.